The molecule has 3 aromatic rings. The van der Waals surface area contributed by atoms with Crippen LogP contribution in [0.1, 0.15) is 48.4 Å². The van der Waals surface area contributed by atoms with E-state index in [2.05, 4.69) is 11.4 Å². The lowest BCUT2D eigenvalue weighted by Crippen LogP contribution is -2.52. The summed E-state index contributed by atoms with van der Waals surface area (Å²) in [7, 11) is 1.65. The highest BCUT2D eigenvalue weighted by Gasteiger charge is 2.35. The smallest absolute Gasteiger partial charge is 0.247 e. The third-order valence-corrected chi connectivity index (χ3v) is 7.30. The summed E-state index contributed by atoms with van der Waals surface area (Å²) in [4.78, 5) is 31.9. The lowest BCUT2D eigenvalue weighted by atomic mass is 9.93. The second-order valence-corrected chi connectivity index (χ2v) is 10.7. The zero-order valence-corrected chi connectivity index (χ0v) is 21.5. The van der Waals surface area contributed by atoms with Crippen molar-refractivity contribution in [3.8, 4) is 5.75 Å². The second-order valence-electron chi connectivity index (χ2n) is 9.65. The van der Waals surface area contributed by atoms with E-state index in [9.17, 15) is 9.59 Å². The Labute approximate surface area is 211 Å². The molecule has 0 bridgehead atoms. The third kappa shape index (κ3) is 5.65. The maximum absolute atomic E-state index is 13.8. The number of carbonyl (C=O) groups is 2. The number of thiophene rings is 1. The van der Waals surface area contributed by atoms with E-state index in [1.165, 1.54) is 4.88 Å². The fraction of sp³-hybridized carbons (Fsp3) is 0.310. The highest BCUT2D eigenvalue weighted by atomic mass is 32.1. The van der Waals surface area contributed by atoms with Crippen molar-refractivity contribution in [2.75, 3.05) is 20.2 Å². The predicted octanol–water partition coefficient (Wildman–Crippen LogP) is 5.57. The number of hydrogen-bond acceptors (Lipinski definition) is 4. The van der Waals surface area contributed by atoms with Crippen LogP contribution >= 0.6 is 11.3 Å². The molecule has 1 aromatic heterocycles. The summed E-state index contributed by atoms with van der Waals surface area (Å²) in [6.45, 7) is 6.52. The van der Waals surface area contributed by atoms with Gasteiger partial charge in [-0.15, -0.1) is 11.3 Å². The van der Waals surface area contributed by atoms with Crippen LogP contribution < -0.4 is 4.74 Å². The van der Waals surface area contributed by atoms with E-state index >= 15 is 0 Å². The van der Waals surface area contributed by atoms with Crippen LogP contribution in [-0.4, -0.2) is 47.4 Å². The first kappa shape index (κ1) is 24.7. The topological polar surface area (TPSA) is 49.9 Å². The summed E-state index contributed by atoms with van der Waals surface area (Å²) in [5, 5.41) is 2.09. The van der Waals surface area contributed by atoms with Crippen LogP contribution in [0, 0.1) is 0 Å². The summed E-state index contributed by atoms with van der Waals surface area (Å²) >= 11 is 1.74. The van der Waals surface area contributed by atoms with Gasteiger partial charge in [-0.2, -0.15) is 0 Å². The average Bonchev–Trinajstić information content (AvgIpc) is 3.34. The van der Waals surface area contributed by atoms with Crippen molar-refractivity contribution >= 4 is 29.2 Å². The largest absolute Gasteiger partial charge is 0.497 e. The molecule has 35 heavy (non-hydrogen) atoms. The van der Waals surface area contributed by atoms with Gasteiger partial charge in [-0.05, 0) is 73.5 Å². The van der Waals surface area contributed by atoms with Crippen molar-refractivity contribution in [3.05, 3.63) is 93.7 Å². The van der Waals surface area contributed by atoms with Gasteiger partial charge in [0.1, 0.15) is 12.3 Å². The Morgan fingerprint density at radius 2 is 1.80 bits per heavy atom. The van der Waals surface area contributed by atoms with E-state index in [1.807, 2.05) is 80.3 Å². The molecule has 6 heteroatoms. The molecule has 2 amide bonds. The van der Waals surface area contributed by atoms with E-state index in [-0.39, 0.29) is 24.4 Å². The Kier molecular flexibility index (Phi) is 7.41. The lowest BCUT2D eigenvalue weighted by Gasteiger charge is -2.40. The van der Waals surface area contributed by atoms with Crippen LogP contribution in [0.2, 0.25) is 0 Å². The molecule has 2 heterocycles. The average molecular weight is 489 g/mol. The minimum atomic E-state index is -0.507. The molecule has 1 aliphatic rings. The van der Waals surface area contributed by atoms with Crippen molar-refractivity contribution in [3.63, 3.8) is 0 Å². The number of carbonyl (C=O) groups excluding carboxylic acids is 2. The lowest BCUT2D eigenvalue weighted by molar-refractivity contribution is -0.143. The molecule has 0 fully saturated rings. The number of nitrogens with zero attached hydrogens (tertiary/aromatic N) is 2. The van der Waals surface area contributed by atoms with Crippen LogP contribution in [0.5, 0.6) is 5.75 Å². The molecule has 1 aliphatic heterocycles. The number of rotatable bonds is 6. The van der Waals surface area contributed by atoms with Crippen LogP contribution in [0.3, 0.4) is 0 Å². The number of hydrogen-bond donors (Lipinski definition) is 0. The van der Waals surface area contributed by atoms with Crippen LogP contribution in [0.4, 0.5) is 0 Å². The normalized spacial score (nSPS) is 15.7. The molecule has 0 N–H and O–H groups in total. The van der Waals surface area contributed by atoms with Crippen LogP contribution in [0.15, 0.2) is 72.1 Å². The first-order chi connectivity index (χ1) is 16.8. The second kappa shape index (κ2) is 10.5. The predicted molar refractivity (Wildman–Crippen MR) is 142 cm³/mol. The molecular weight excluding hydrogens is 456 g/mol. The Bertz CT molecular complexity index is 1190. The van der Waals surface area contributed by atoms with Gasteiger partial charge in [0.05, 0.1) is 13.2 Å². The van der Waals surface area contributed by atoms with Crippen LogP contribution in [0.25, 0.3) is 6.08 Å². The van der Waals surface area contributed by atoms with Gasteiger partial charge < -0.3 is 14.5 Å². The fourth-order valence-electron chi connectivity index (χ4n) is 4.42. The van der Waals surface area contributed by atoms with Crippen molar-refractivity contribution < 1.29 is 14.3 Å². The first-order valence-corrected chi connectivity index (χ1v) is 12.7. The summed E-state index contributed by atoms with van der Waals surface area (Å²) in [6.07, 6.45) is 4.18. The Hall–Kier alpha value is -3.38. The van der Waals surface area contributed by atoms with E-state index < -0.39 is 5.54 Å². The first-order valence-electron chi connectivity index (χ1n) is 11.8. The molecule has 182 valence electrons. The number of methoxy groups -OCH3 is 1. The molecule has 4 rings (SSSR count). The van der Waals surface area contributed by atoms with Crippen LogP contribution in [-0.2, 0) is 16.0 Å². The van der Waals surface area contributed by atoms with Gasteiger partial charge in [-0.1, -0.05) is 42.5 Å². The molecule has 2 aromatic carbocycles. The van der Waals surface area contributed by atoms with E-state index in [0.29, 0.717) is 6.54 Å². The summed E-state index contributed by atoms with van der Waals surface area (Å²) in [5.41, 5.74) is 2.64. The molecule has 5 nitrogen and oxygen atoms in total. The molecule has 0 aliphatic carbocycles. The SMILES string of the molecule is COc1ccc(C2c3ccsc3CCN2C(=O)CN(C(=O)C=Cc2ccccc2)C(C)(C)C)cc1. The highest BCUT2D eigenvalue weighted by molar-refractivity contribution is 7.10. The van der Waals surface area contributed by atoms with Gasteiger partial charge in [0, 0.05) is 23.0 Å². The molecule has 0 radical (unpaired) electrons. The Balaban J connectivity index is 1.59. The monoisotopic (exact) mass is 488 g/mol. The van der Waals surface area contributed by atoms with Crippen molar-refractivity contribution in [2.24, 2.45) is 0 Å². The number of fused-ring (bicyclic) bond motifs is 1. The van der Waals surface area contributed by atoms with E-state index in [1.54, 1.807) is 35.5 Å². The summed E-state index contributed by atoms with van der Waals surface area (Å²) in [6, 6.07) is 19.5. The molecular formula is C29H32N2O3S. The summed E-state index contributed by atoms with van der Waals surface area (Å²) < 4.78 is 5.33. The van der Waals surface area contributed by atoms with Gasteiger partial charge >= 0.3 is 0 Å². The van der Waals surface area contributed by atoms with E-state index in [0.717, 1.165) is 28.9 Å². The zero-order valence-electron chi connectivity index (χ0n) is 20.7. The fourth-order valence-corrected chi connectivity index (χ4v) is 5.33. The van der Waals surface area contributed by atoms with Gasteiger partial charge in [0.25, 0.3) is 0 Å². The zero-order chi connectivity index (χ0) is 25.0. The molecule has 0 saturated heterocycles. The standard InChI is InChI=1S/C29H32N2O3S/c1-29(2,3)31(26(32)15-10-21-8-6-5-7-9-21)20-27(33)30-18-16-25-24(17-19-35-25)28(30)22-11-13-23(34-4)14-12-22/h5-15,17,19,28H,16,18,20H2,1-4H3. The highest BCUT2D eigenvalue weighted by Crippen LogP contribution is 2.38. The van der Waals surface area contributed by atoms with Crippen molar-refractivity contribution in [1.29, 1.82) is 0 Å². The molecule has 1 unspecified atom stereocenters. The van der Waals surface area contributed by atoms with Gasteiger partial charge in [0.2, 0.25) is 11.8 Å². The van der Waals surface area contributed by atoms with E-state index in [4.69, 9.17) is 4.74 Å². The minimum Gasteiger partial charge on any atom is -0.497 e. The van der Waals surface area contributed by atoms with Gasteiger partial charge in [-0.3, -0.25) is 9.59 Å². The molecule has 0 saturated carbocycles. The quantitative estimate of drug-likeness (QED) is 0.426. The number of benzene rings is 2. The van der Waals surface area contributed by atoms with Crippen molar-refractivity contribution in [2.45, 2.75) is 38.8 Å². The minimum absolute atomic E-state index is 0.0214. The Morgan fingerprint density at radius 3 is 2.46 bits per heavy atom. The van der Waals surface area contributed by atoms with Crippen molar-refractivity contribution in [1.82, 2.24) is 9.80 Å². The molecule has 1 atom stereocenters. The third-order valence-electron chi connectivity index (χ3n) is 6.30. The maximum atomic E-state index is 13.8. The Morgan fingerprint density at radius 1 is 1.09 bits per heavy atom. The van der Waals surface area contributed by atoms with Gasteiger partial charge in [0.15, 0.2) is 0 Å². The number of ether oxygens (including phenoxy) is 1. The summed E-state index contributed by atoms with van der Waals surface area (Å²) in [5.74, 6) is 0.547. The number of amides is 2. The van der Waals surface area contributed by atoms with Gasteiger partial charge in [-0.25, -0.2) is 0 Å². The maximum Gasteiger partial charge on any atom is 0.247 e. The molecule has 0 spiro atoms.